The number of benzene rings is 2. The molecule has 26 heavy (non-hydrogen) atoms. The highest BCUT2D eigenvalue weighted by atomic mass is 16.3. The predicted octanol–water partition coefficient (Wildman–Crippen LogP) is 3.91. The fourth-order valence-electron chi connectivity index (χ4n) is 2.53. The van der Waals surface area contributed by atoms with Gasteiger partial charge in [0.25, 0.3) is 0 Å². The van der Waals surface area contributed by atoms with Gasteiger partial charge >= 0.3 is 6.03 Å². The lowest BCUT2D eigenvalue weighted by Crippen LogP contribution is -2.32. The summed E-state index contributed by atoms with van der Waals surface area (Å²) in [6, 6.07) is 15.1. The SMILES string of the molecule is CN(C)c1ccc([C@@H](O)CNC(=O)Nc2ccc(C(C)(C)C)cc2)cc1. The molecule has 5 heteroatoms. The molecule has 0 aliphatic carbocycles. The lowest BCUT2D eigenvalue weighted by molar-refractivity contribution is 0.175. The number of aliphatic hydroxyl groups excluding tert-OH is 1. The number of nitrogens with zero attached hydrogens (tertiary/aromatic N) is 1. The van der Waals surface area contributed by atoms with Crippen LogP contribution < -0.4 is 15.5 Å². The topological polar surface area (TPSA) is 64.6 Å². The van der Waals surface area contributed by atoms with Crippen LogP contribution >= 0.6 is 0 Å². The molecule has 2 rings (SSSR count). The molecule has 0 aliphatic heterocycles. The molecule has 5 nitrogen and oxygen atoms in total. The van der Waals surface area contributed by atoms with E-state index in [0.717, 1.165) is 16.9 Å². The van der Waals surface area contributed by atoms with E-state index in [1.165, 1.54) is 5.56 Å². The zero-order chi connectivity index (χ0) is 19.3. The molecule has 3 N–H and O–H groups in total. The Balaban J connectivity index is 1.86. The number of aliphatic hydroxyl groups is 1. The molecule has 2 amide bonds. The van der Waals surface area contributed by atoms with Gasteiger partial charge in [-0.1, -0.05) is 45.0 Å². The Kier molecular flexibility index (Phi) is 6.27. The number of anilines is 2. The Morgan fingerprint density at radius 1 is 1.04 bits per heavy atom. The van der Waals surface area contributed by atoms with Gasteiger partial charge in [0.2, 0.25) is 0 Å². The third-order valence-corrected chi connectivity index (χ3v) is 4.26. The first kappa shape index (κ1) is 19.8. The van der Waals surface area contributed by atoms with Crippen LogP contribution in [-0.2, 0) is 5.41 Å². The zero-order valence-electron chi connectivity index (χ0n) is 16.2. The zero-order valence-corrected chi connectivity index (χ0v) is 16.2. The fourth-order valence-corrected chi connectivity index (χ4v) is 2.53. The Labute approximate surface area is 156 Å². The quantitative estimate of drug-likeness (QED) is 0.762. The molecule has 1 atom stereocenters. The normalized spacial score (nSPS) is 12.4. The van der Waals surface area contributed by atoms with E-state index in [0.29, 0.717) is 0 Å². The van der Waals surface area contributed by atoms with E-state index in [1.54, 1.807) is 0 Å². The third kappa shape index (κ3) is 5.49. The first-order valence-electron chi connectivity index (χ1n) is 8.77. The van der Waals surface area contributed by atoms with Crippen molar-refractivity contribution in [1.82, 2.24) is 5.32 Å². The van der Waals surface area contributed by atoms with Gasteiger partial charge in [-0.05, 0) is 40.8 Å². The number of amides is 2. The average Bonchev–Trinajstić information content (AvgIpc) is 2.59. The number of carbonyl (C=O) groups is 1. The van der Waals surface area contributed by atoms with E-state index < -0.39 is 6.10 Å². The smallest absolute Gasteiger partial charge is 0.319 e. The summed E-state index contributed by atoms with van der Waals surface area (Å²) in [6.45, 7) is 6.59. The predicted molar refractivity (Wildman–Crippen MR) is 108 cm³/mol. The molecule has 0 unspecified atom stereocenters. The molecule has 0 saturated heterocycles. The second-order valence-electron chi connectivity index (χ2n) is 7.66. The summed E-state index contributed by atoms with van der Waals surface area (Å²) in [5, 5.41) is 15.7. The Hall–Kier alpha value is -2.53. The number of nitrogens with one attached hydrogen (secondary N) is 2. The lowest BCUT2D eigenvalue weighted by atomic mass is 9.87. The van der Waals surface area contributed by atoms with E-state index in [9.17, 15) is 9.90 Å². The Morgan fingerprint density at radius 3 is 2.12 bits per heavy atom. The van der Waals surface area contributed by atoms with Gasteiger partial charge in [0.05, 0.1) is 6.10 Å². The third-order valence-electron chi connectivity index (χ3n) is 4.26. The minimum absolute atomic E-state index is 0.0764. The molecule has 0 heterocycles. The summed E-state index contributed by atoms with van der Waals surface area (Å²) in [4.78, 5) is 14.0. The molecule has 0 radical (unpaired) electrons. The first-order valence-corrected chi connectivity index (χ1v) is 8.77. The van der Waals surface area contributed by atoms with Crippen molar-refractivity contribution in [1.29, 1.82) is 0 Å². The average molecular weight is 355 g/mol. The Bertz CT molecular complexity index is 716. The molecular weight excluding hydrogens is 326 g/mol. The maximum atomic E-state index is 12.0. The summed E-state index contributed by atoms with van der Waals surface area (Å²) in [5.41, 5.74) is 3.84. The van der Waals surface area contributed by atoms with Gasteiger partial charge in [0, 0.05) is 32.0 Å². The van der Waals surface area contributed by atoms with Gasteiger partial charge in [-0.3, -0.25) is 0 Å². The van der Waals surface area contributed by atoms with Crippen molar-refractivity contribution in [2.24, 2.45) is 0 Å². The minimum atomic E-state index is -0.750. The number of carbonyl (C=O) groups excluding carboxylic acids is 1. The second kappa shape index (κ2) is 8.23. The van der Waals surface area contributed by atoms with Crippen LogP contribution in [0.4, 0.5) is 16.2 Å². The van der Waals surface area contributed by atoms with Crippen LogP contribution in [0, 0.1) is 0 Å². The van der Waals surface area contributed by atoms with Crippen LogP contribution in [0.2, 0.25) is 0 Å². The van der Waals surface area contributed by atoms with Crippen LogP contribution in [0.1, 0.15) is 38.0 Å². The second-order valence-corrected chi connectivity index (χ2v) is 7.66. The molecular formula is C21H29N3O2. The highest BCUT2D eigenvalue weighted by Gasteiger charge is 2.14. The largest absolute Gasteiger partial charge is 0.387 e. The molecule has 0 fully saturated rings. The highest BCUT2D eigenvalue weighted by Crippen LogP contribution is 2.23. The lowest BCUT2D eigenvalue weighted by Gasteiger charge is -2.19. The summed E-state index contributed by atoms with van der Waals surface area (Å²) in [6.07, 6.45) is -0.750. The van der Waals surface area contributed by atoms with E-state index in [-0.39, 0.29) is 18.0 Å². The standard InChI is InChI=1S/C21H29N3O2/c1-21(2,3)16-8-10-17(11-9-16)23-20(26)22-14-19(25)15-6-12-18(13-7-15)24(4)5/h6-13,19,25H,14H2,1-5H3,(H2,22,23,26)/t19-/m0/s1. The molecule has 0 saturated carbocycles. The fraction of sp³-hybridized carbons (Fsp3) is 0.381. The summed E-state index contributed by atoms with van der Waals surface area (Å²) < 4.78 is 0. The van der Waals surface area contributed by atoms with Crippen molar-refractivity contribution < 1.29 is 9.90 Å². The van der Waals surface area contributed by atoms with Crippen molar-refractivity contribution >= 4 is 17.4 Å². The first-order chi connectivity index (χ1) is 12.2. The van der Waals surface area contributed by atoms with Crippen LogP contribution in [0.25, 0.3) is 0 Å². The van der Waals surface area contributed by atoms with Gasteiger partial charge in [-0.15, -0.1) is 0 Å². The van der Waals surface area contributed by atoms with E-state index >= 15 is 0 Å². The molecule has 2 aromatic carbocycles. The minimum Gasteiger partial charge on any atom is -0.387 e. The van der Waals surface area contributed by atoms with Crippen molar-refractivity contribution in [3.63, 3.8) is 0 Å². The molecule has 0 bridgehead atoms. The maximum Gasteiger partial charge on any atom is 0.319 e. The molecule has 0 aromatic heterocycles. The summed E-state index contributed by atoms with van der Waals surface area (Å²) in [5.74, 6) is 0. The van der Waals surface area contributed by atoms with Crippen molar-refractivity contribution in [2.45, 2.75) is 32.3 Å². The molecule has 0 aliphatic rings. The molecule has 140 valence electrons. The monoisotopic (exact) mass is 355 g/mol. The summed E-state index contributed by atoms with van der Waals surface area (Å²) >= 11 is 0. The van der Waals surface area contributed by atoms with Gasteiger partial charge in [-0.25, -0.2) is 4.79 Å². The van der Waals surface area contributed by atoms with Gasteiger partial charge < -0.3 is 20.6 Å². The number of rotatable bonds is 5. The highest BCUT2D eigenvalue weighted by molar-refractivity contribution is 5.89. The van der Waals surface area contributed by atoms with E-state index in [1.807, 2.05) is 67.5 Å². The van der Waals surface area contributed by atoms with Crippen LogP contribution in [0.5, 0.6) is 0 Å². The number of urea groups is 1. The van der Waals surface area contributed by atoms with Gasteiger partial charge in [0.1, 0.15) is 0 Å². The summed E-state index contributed by atoms with van der Waals surface area (Å²) in [7, 11) is 3.93. The van der Waals surface area contributed by atoms with Crippen LogP contribution in [0.15, 0.2) is 48.5 Å². The van der Waals surface area contributed by atoms with Crippen LogP contribution in [0.3, 0.4) is 0 Å². The Morgan fingerprint density at radius 2 is 1.62 bits per heavy atom. The maximum absolute atomic E-state index is 12.0. The van der Waals surface area contributed by atoms with Gasteiger partial charge in [0.15, 0.2) is 0 Å². The molecule has 2 aromatic rings. The van der Waals surface area contributed by atoms with Gasteiger partial charge in [-0.2, -0.15) is 0 Å². The number of hydrogen-bond donors (Lipinski definition) is 3. The van der Waals surface area contributed by atoms with Crippen molar-refractivity contribution in [3.8, 4) is 0 Å². The van der Waals surface area contributed by atoms with Crippen molar-refractivity contribution in [3.05, 3.63) is 59.7 Å². The van der Waals surface area contributed by atoms with Crippen LogP contribution in [-0.4, -0.2) is 31.8 Å². The van der Waals surface area contributed by atoms with E-state index in [4.69, 9.17) is 0 Å². The van der Waals surface area contributed by atoms with E-state index in [2.05, 4.69) is 31.4 Å². The molecule has 0 spiro atoms. The number of hydrogen-bond acceptors (Lipinski definition) is 3. The van der Waals surface area contributed by atoms with Crippen molar-refractivity contribution in [2.75, 3.05) is 30.9 Å².